The fourth-order valence-corrected chi connectivity index (χ4v) is 2.37. The molecule has 2 aromatic carbocycles. The van der Waals surface area contributed by atoms with Crippen molar-refractivity contribution in [2.75, 3.05) is 14.2 Å². The van der Waals surface area contributed by atoms with Crippen molar-refractivity contribution in [2.24, 2.45) is 5.10 Å². The van der Waals surface area contributed by atoms with Crippen molar-refractivity contribution >= 4 is 12.1 Å². The molecular formula is C19H18N4O4. The van der Waals surface area contributed by atoms with Crippen LogP contribution in [0.3, 0.4) is 0 Å². The number of phenolic OH excluding ortho intramolecular Hbond substituents is 1. The summed E-state index contributed by atoms with van der Waals surface area (Å²) < 4.78 is 10.5. The number of H-pyrrole nitrogens is 1. The second-order valence-corrected chi connectivity index (χ2v) is 5.52. The Bertz CT molecular complexity index is 964. The number of hydrazone groups is 1. The van der Waals surface area contributed by atoms with Crippen molar-refractivity contribution in [1.29, 1.82) is 0 Å². The van der Waals surface area contributed by atoms with Crippen LogP contribution in [0.2, 0.25) is 0 Å². The van der Waals surface area contributed by atoms with Crippen LogP contribution < -0.4 is 14.9 Å². The third-order valence-electron chi connectivity index (χ3n) is 3.78. The maximum absolute atomic E-state index is 12.2. The number of hydrogen-bond donors (Lipinski definition) is 3. The molecule has 0 aliphatic heterocycles. The summed E-state index contributed by atoms with van der Waals surface area (Å²) in [5, 5.41) is 20.0. The standard InChI is InChI=1S/C19H18N4O4/c1-26-14-7-8-15(18(9-14)27-2)16-10-17(22-21-16)19(25)23-20-11-12-3-5-13(24)6-4-12/h3-11,24H,1-2H3,(H,21,22)(H,23,25)/b20-11-. The van der Waals surface area contributed by atoms with E-state index in [1.54, 1.807) is 50.6 Å². The van der Waals surface area contributed by atoms with E-state index >= 15 is 0 Å². The van der Waals surface area contributed by atoms with Gasteiger partial charge >= 0.3 is 0 Å². The number of methoxy groups -OCH3 is 2. The van der Waals surface area contributed by atoms with Gasteiger partial charge < -0.3 is 14.6 Å². The number of carbonyl (C=O) groups excluding carboxylic acids is 1. The number of ether oxygens (including phenoxy) is 2. The number of aromatic nitrogens is 2. The number of hydrogen-bond acceptors (Lipinski definition) is 6. The highest BCUT2D eigenvalue weighted by Crippen LogP contribution is 2.32. The summed E-state index contributed by atoms with van der Waals surface area (Å²) in [4.78, 5) is 12.2. The Morgan fingerprint density at radius 3 is 2.63 bits per heavy atom. The number of aromatic hydroxyl groups is 1. The molecule has 0 radical (unpaired) electrons. The normalized spacial score (nSPS) is 10.7. The van der Waals surface area contributed by atoms with Crippen LogP contribution in [0.5, 0.6) is 17.2 Å². The van der Waals surface area contributed by atoms with Gasteiger partial charge in [0.2, 0.25) is 0 Å². The highest BCUT2D eigenvalue weighted by molar-refractivity contribution is 5.94. The molecule has 0 fully saturated rings. The second kappa shape index (κ2) is 8.05. The van der Waals surface area contributed by atoms with E-state index in [2.05, 4.69) is 20.7 Å². The SMILES string of the molecule is COc1ccc(-c2cc(C(=O)N/N=C\c3ccc(O)cc3)[nH]n2)c(OC)c1. The van der Waals surface area contributed by atoms with Crippen molar-refractivity contribution < 1.29 is 19.4 Å². The molecule has 27 heavy (non-hydrogen) atoms. The zero-order chi connectivity index (χ0) is 19.2. The van der Waals surface area contributed by atoms with Gasteiger partial charge in [0, 0.05) is 11.6 Å². The molecule has 3 N–H and O–H groups in total. The molecule has 8 nitrogen and oxygen atoms in total. The van der Waals surface area contributed by atoms with Crippen LogP contribution in [0.1, 0.15) is 16.1 Å². The number of aromatic amines is 1. The van der Waals surface area contributed by atoms with Crippen molar-refractivity contribution in [3.05, 3.63) is 59.8 Å². The fourth-order valence-electron chi connectivity index (χ4n) is 2.37. The molecule has 0 aliphatic rings. The molecule has 8 heteroatoms. The Morgan fingerprint density at radius 1 is 1.15 bits per heavy atom. The molecule has 1 heterocycles. The van der Waals surface area contributed by atoms with Gasteiger partial charge in [-0.15, -0.1) is 0 Å². The number of carbonyl (C=O) groups is 1. The zero-order valence-corrected chi connectivity index (χ0v) is 14.8. The molecule has 3 aromatic rings. The molecule has 0 unspecified atom stereocenters. The third-order valence-corrected chi connectivity index (χ3v) is 3.78. The van der Waals surface area contributed by atoms with Gasteiger partial charge in [0.15, 0.2) is 0 Å². The minimum atomic E-state index is -0.434. The van der Waals surface area contributed by atoms with Crippen LogP contribution in [-0.4, -0.2) is 41.6 Å². The summed E-state index contributed by atoms with van der Waals surface area (Å²) in [5.74, 6) is 0.970. The van der Waals surface area contributed by atoms with E-state index in [0.29, 0.717) is 17.2 Å². The average molecular weight is 366 g/mol. The van der Waals surface area contributed by atoms with Crippen LogP contribution in [0.25, 0.3) is 11.3 Å². The molecule has 138 valence electrons. The first-order valence-corrected chi connectivity index (χ1v) is 8.01. The number of nitrogens with one attached hydrogen (secondary N) is 2. The molecule has 1 aromatic heterocycles. The van der Waals surface area contributed by atoms with Gasteiger partial charge in [-0.1, -0.05) is 0 Å². The van der Waals surface area contributed by atoms with Gasteiger partial charge in [-0.2, -0.15) is 10.2 Å². The van der Waals surface area contributed by atoms with Crippen LogP contribution in [0, 0.1) is 0 Å². The lowest BCUT2D eigenvalue weighted by atomic mass is 10.1. The van der Waals surface area contributed by atoms with Crippen LogP contribution in [0.15, 0.2) is 53.6 Å². The summed E-state index contributed by atoms with van der Waals surface area (Å²) in [6, 6.07) is 13.4. The van der Waals surface area contributed by atoms with Crippen LogP contribution >= 0.6 is 0 Å². The summed E-state index contributed by atoms with van der Waals surface area (Å²) in [6.07, 6.45) is 1.47. The van der Waals surface area contributed by atoms with E-state index in [0.717, 1.165) is 11.1 Å². The molecule has 0 bridgehead atoms. The Morgan fingerprint density at radius 2 is 1.93 bits per heavy atom. The lowest BCUT2D eigenvalue weighted by molar-refractivity contribution is 0.0950. The highest BCUT2D eigenvalue weighted by Gasteiger charge is 2.14. The largest absolute Gasteiger partial charge is 0.508 e. The van der Waals surface area contributed by atoms with E-state index < -0.39 is 5.91 Å². The lowest BCUT2D eigenvalue weighted by Gasteiger charge is -2.08. The Hall–Kier alpha value is -3.81. The van der Waals surface area contributed by atoms with Gasteiger partial charge in [-0.05, 0) is 48.0 Å². The van der Waals surface area contributed by atoms with Crippen molar-refractivity contribution in [3.63, 3.8) is 0 Å². The minimum absolute atomic E-state index is 0.162. The third kappa shape index (κ3) is 4.24. The predicted octanol–water partition coefficient (Wildman–Crippen LogP) is 2.56. The quantitative estimate of drug-likeness (QED) is 0.459. The first kappa shape index (κ1) is 18.0. The molecule has 1 amide bonds. The summed E-state index contributed by atoms with van der Waals surface area (Å²) in [5.41, 5.74) is 4.69. The highest BCUT2D eigenvalue weighted by atomic mass is 16.5. The summed E-state index contributed by atoms with van der Waals surface area (Å²) in [6.45, 7) is 0. The van der Waals surface area contributed by atoms with Gasteiger partial charge in [0.25, 0.3) is 5.91 Å². The maximum Gasteiger partial charge on any atom is 0.289 e. The van der Waals surface area contributed by atoms with E-state index in [9.17, 15) is 9.90 Å². The number of benzene rings is 2. The molecule has 0 aliphatic carbocycles. The van der Waals surface area contributed by atoms with Gasteiger partial charge in [-0.25, -0.2) is 5.43 Å². The average Bonchev–Trinajstić information content (AvgIpc) is 3.19. The first-order chi connectivity index (χ1) is 13.1. The Labute approximate surface area is 155 Å². The second-order valence-electron chi connectivity index (χ2n) is 5.52. The summed E-state index contributed by atoms with van der Waals surface area (Å²) >= 11 is 0. The number of nitrogens with zero attached hydrogens (tertiary/aromatic N) is 2. The van der Waals surface area contributed by atoms with Crippen LogP contribution in [0.4, 0.5) is 0 Å². The Balaban J connectivity index is 1.71. The van der Waals surface area contributed by atoms with E-state index in [-0.39, 0.29) is 11.4 Å². The smallest absolute Gasteiger partial charge is 0.289 e. The van der Waals surface area contributed by atoms with E-state index in [4.69, 9.17) is 9.47 Å². The van der Waals surface area contributed by atoms with E-state index in [1.807, 2.05) is 0 Å². The first-order valence-electron chi connectivity index (χ1n) is 8.01. The van der Waals surface area contributed by atoms with E-state index in [1.165, 1.54) is 18.3 Å². The van der Waals surface area contributed by atoms with Gasteiger partial charge in [-0.3, -0.25) is 9.89 Å². The number of phenols is 1. The maximum atomic E-state index is 12.2. The van der Waals surface area contributed by atoms with Crippen molar-refractivity contribution in [2.45, 2.75) is 0 Å². The van der Waals surface area contributed by atoms with Gasteiger partial charge in [0.1, 0.15) is 22.9 Å². The summed E-state index contributed by atoms with van der Waals surface area (Å²) in [7, 11) is 3.13. The lowest BCUT2D eigenvalue weighted by Crippen LogP contribution is -2.17. The number of amides is 1. The molecular weight excluding hydrogens is 348 g/mol. The molecule has 0 atom stereocenters. The molecule has 0 saturated carbocycles. The Kier molecular flexibility index (Phi) is 5.36. The van der Waals surface area contributed by atoms with Gasteiger partial charge in [0.05, 0.1) is 26.1 Å². The van der Waals surface area contributed by atoms with Crippen LogP contribution in [-0.2, 0) is 0 Å². The molecule has 0 spiro atoms. The molecule has 3 rings (SSSR count). The van der Waals surface area contributed by atoms with Crippen molar-refractivity contribution in [3.8, 4) is 28.5 Å². The monoisotopic (exact) mass is 366 g/mol. The zero-order valence-electron chi connectivity index (χ0n) is 14.8. The topological polar surface area (TPSA) is 109 Å². The van der Waals surface area contributed by atoms with Crippen molar-refractivity contribution in [1.82, 2.24) is 15.6 Å². The predicted molar refractivity (Wildman–Crippen MR) is 100 cm³/mol. The minimum Gasteiger partial charge on any atom is -0.508 e. The number of rotatable bonds is 6. The fraction of sp³-hybridized carbons (Fsp3) is 0.105. The molecule has 0 saturated heterocycles.